The van der Waals surface area contributed by atoms with Crippen molar-refractivity contribution in [2.75, 3.05) is 26.2 Å². The summed E-state index contributed by atoms with van der Waals surface area (Å²) in [6, 6.07) is 11.4. The first-order valence-corrected chi connectivity index (χ1v) is 8.94. The summed E-state index contributed by atoms with van der Waals surface area (Å²) in [7, 11) is 0. The summed E-state index contributed by atoms with van der Waals surface area (Å²) in [5.41, 5.74) is 8.05. The van der Waals surface area contributed by atoms with Gasteiger partial charge in [-0.15, -0.1) is 0 Å². The largest absolute Gasteiger partial charge is 0.369 e. The number of carbonyl (C=O) groups is 2. The Morgan fingerprint density at radius 3 is 2.77 bits per heavy atom. The SMILES string of the molecule is NC(=O)[C@@H]1CCCN(CCNC(=O)c2cccc(-c3ccncc3)c2)C1. The standard InChI is InChI=1S/C20H24N4O2/c21-19(25)18-5-2-11-24(14-18)12-10-23-20(26)17-4-1-3-16(13-17)15-6-8-22-9-7-15/h1,3-4,6-9,13,18H,2,5,10-12,14H2,(H2,21,25)(H,23,26)/t18-/m1/s1. The van der Waals surface area contributed by atoms with Crippen LogP contribution < -0.4 is 11.1 Å². The molecule has 0 radical (unpaired) electrons. The monoisotopic (exact) mass is 352 g/mol. The highest BCUT2D eigenvalue weighted by Crippen LogP contribution is 2.19. The quantitative estimate of drug-likeness (QED) is 0.828. The zero-order chi connectivity index (χ0) is 18.4. The molecule has 26 heavy (non-hydrogen) atoms. The van der Waals surface area contributed by atoms with Crippen LogP contribution in [0.2, 0.25) is 0 Å². The molecular weight excluding hydrogens is 328 g/mol. The Balaban J connectivity index is 1.53. The third-order valence-electron chi connectivity index (χ3n) is 4.76. The number of carbonyl (C=O) groups excluding carboxylic acids is 2. The number of nitrogens with zero attached hydrogens (tertiary/aromatic N) is 2. The van der Waals surface area contributed by atoms with Crippen molar-refractivity contribution in [3.05, 3.63) is 54.4 Å². The van der Waals surface area contributed by atoms with Gasteiger partial charge in [0.15, 0.2) is 0 Å². The number of piperidine rings is 1. The lowest BCUT2D eigenvalue weighted by Crippen LogP contribution is -2.44. The number of pyridine rings is 1. The van der Waals surface area contributed by atoms with Crippen molar-refractivity contribution in [1.82, 2.24) is 15.2 Å². The van der Waals surface area contributed by atoms with Crippen LogP contribution in [0.4, 0.5) is 0 Å². The van der Waals surface area contributed by atoms with Gasteiger partial charge in [-0.2, -0.15) is 0 Å². The molecule has 1 aliphatic rings. The Morgan fingerprint density at radius 2 is 2.00 bits per heavy atom. The number of likely N-dealkylation sites (tertiary alicyclic amines) is 1. The number of amides is 2. The van der Waals surface area contributed by atoms with E-state index in [0.29, 0.717) is 18.7 Å². The highest BCUT2D eigenvalue weighted by molar-refractivity contribution is 5.95. The molecule has 2 amide bonds. The maximum atomic E-state index is 12.4. The van der Waals surface area contributed by atoms with Gasteiger partial charge in [-0.25, -0.2) is 0 Å². The minimum atomic E-state index is -0.230. The molecule has 0 saturated carbocycles. The predicted molar refractivity (Wildman–Crippen MR) is 100 cm³/mol. The topological polar surface area (TPSA) is 88.3 Å². The predicted octanol–water partition coefficient (Wildman–Crippen LogP) is 1.68. The Hall–Kier alpha value is -2.73. The molecule has 2 heterocycles. The number of nitrogens with one attached hydrogen (secondary N) is 1. The number of benzene rings is 1. The third-order valence-corrected chi connectivity index (χ3v) is 4.76. The molecule has 0 bridgehead atoms. The normalized spacial score (nSPS) is 17.6. The molecule has 2 aromatic rings. The second-order valence-electron chi connectivity index (χ2n) is 6.61. The molecule has 6 heteroatoms. The summed E-state index contributed by atoms with van der Waals surface area (Å²) in [5, 5.41) is 2.96. The van der Waals surface area contributed by atoms with E-state index >= 15 is 0 Å². The average Bonchev–Trinajstić information content (AvgIpc) is 2.69. The van der Waals surface area contributed by atoms with Crippen LogP contribution in [-0.2, 0) is 4.79 Å². The zero-order valence-corrected chi connectivity index (χ0v) is 14.7. The molecule has 0 unspecified atom stereocenters. The molecule has 1 atom stereocenters. The summed E-state index contributed by atoms with van der Waals surface area (Å²) in [4.78, 5) is 30.0. The number of nitrogens with two attached hydrogens (primary N) is 1. The second-order valence-corrected chi connectivity index (χ2v) is 6.61. The van der Waals surface area contributed by atoms with Crippen LogP contribution in [-0.4, -0.2) is 47.9 Å². The first-order valence-electron chi connectivity index (χ1n) is 8.94. The van der Waals surface area contributed by atoms with Crippen LogP contribution in [0.3, 0.4) is 0 Å². The van der Waals surface area contributed by atoms with Crippen molar-refractivity contribution in [2.24, 2.45) is 11.7 Å². The van der Waals surface area contributed by atoms with Gasteiger partial charge in [0.1, 0.15) is 0 Å². The van der Waals surface area contributed by atoms with E-state index in [-0.39, 0.29) is 17.7 Å². The first-order chi connectivity index (χ1) is 12.6. The molecule has 1 aromatic carbocycles. The number of aromatic nitrogens is 1. The van der Waals surface area contributed by atoms with Crippen LogP contribution >= 0.6 is 0 Å². The fourth-order valence-electron chi connectivity index (χ4n) is 3.30. The van der Waals surface area contributed by atoms with Crippen LogP contribution in [0, 0.1) is 5.92 Å². The highest BCUT2D eigenvalue weighted by Gasteiger charge is 2.23. The van der Waals surface area contributed by atoms with Gasteiger partial charge in [-0.3, -0.25) is 14.6 Å². The summed E-state index contributed by atoms with van der Waals surface area (Å²) < 4.78 is 0. The van der Waals surface area contributed by atoms with E-state index in [1.165, 1.54) is 0 Å². The molecule has 1 fully saturated rings. The highest BCUT2D eigenvalue weighted by atomic mass is 16.2. The molecule has 0 aliphatic carbocycles. The van der Waals surface area contributed by atoms with E-state index in [9.17, 15) is 9.59 Å². The minimum absolute atomic E-state index is 0.0727. The number of primary amides is 1. The smallest absolute Gasteiger partial charge is 0.251 e. The summed E-state index contributed by atoms with van der Waals surface area (Å²) in [6.07, 6.45) is 5.30. The van der Waals surface area contributed by atoms with Crippen molar-refractivity contribution >= 4 is 11.8 Å². The zero-order valence-electron chi connectivity index (χ0n) is 14.7. The summed E-state index contributed by atoms with van der Waals surface area (Å²) in [6.45, 7) is 2.89. The average molecular weight is 352 g/mol. The maximum Gasteiger partial charge on any atom is 0.251 e. The number of rotatable bonds is 6. The van der Waals surface area contributed by atoms with Crippen LogP contribution in [0.25, 0.3) is 11.1 Å². The lowest BCUT2D eigenvalue weighted by molar-refractivity contribution is -0.123. The van der Waals surface area contributed by atoms with E-state index in [2.05, 4.69) is 15.2 Å². The molecule has 1 saturated heterocycles. The van der Waals surface area contributed by atoms with E-state index in [0.717, 1.165) is 37.1 Å². The molecule has 3 rings (SSSR count). The van der Waals surface area contributed by atoms with Crippen molar-refractivity contribution in [2.45, 2.75) is 12.8 Å². The molecule has 136 valence electrons. The van der Waals surface area contributed by atoms with Crippen LogP contribution in [0.15, 0.2) is 48.8 Å². The van der Waals surface area contributed by atoms with Gasteiger partial charge in [-0.05, 0) is 54.8 Å². The van der Waals surface area contributed by atoms with E-state index in [4.69, 9.17) is 5.73 Å². The Labute approximate surface area is 153 Å². The fraction of sp³-hybridized carbons (Fsp3) is 0.350. The van der Waals surface area contributed by atoms with Crippen LogP contribution in [0.5, 0.6) is 0 Å². The third kappa shape index (κ3) is 4.67. The molecule has 6 nitrogen and oxygen atoms in total. The minimum Gasteiger partial charge on any atom is -0.369 e. The lowest BCUT2D eigenvalue weighted by atomic mass is 9.97. The van der Waals surface area contributed by atoms with Gasteiger partial charge in [-0.1, -0.05) is 12.1 Å². The molecule has 1 aromatic heterocycles. The Bertz CT molecular complexity index is 763. The van der Waals surface area contributed by atoms with Gasteiger partial charge in [0.05, 0.1) is 5.92 Å². The van der Waals surface area contributed by atoms with Gasteiger partial charge in [0.25, 0.3) is 5.91 Å². The van der Waals surface area contributed by atoms with Crippen molar-refractivity contribution in [3.63, 3.8) is 0 Å². The fourth-order valence-corrected chi connectivity index (χ4v) is 3.30. The van der Waals surface area contributed by atoms with Gasteiger partial charge >= 0.3 is 0 Å². The number of hydrogen-bond acceptors (Lipinski definition) is 4. The summed E-state index contributed by atoms with van der Waals surface area (Å²) in [5.74, 6) is -0.396. The van der Waals surface area contributed by atoms with Gasteiger partial charge in [0.2, 0.25) is 5.91 Å². The van der Waals surface area contributed by atoms with Crippen molar-refractivity contribution in [1.29, 1.82) is 0 Å². The van der Waals surface area contributed by atoms with E-state index in [1.54, 1.807) is 12.4 Å². The molecular formula is C20H24N4O2. The molecule has 3 N–H and O–H groups in total. The first kappa shape index (κ1) is 18.1. The Morgan fingerprint density at radius 1 is 1.19 bits per heavy atom. The molecule has 0 spiro atoms. The van der Waals surface area contributed by atoms with Crippen molar-refractivity contribution < 1.29 is 9.59 Å². The van der Waals surface area contributed by atoms with Gasteiger partial charge in [0, 0.05) is 37.6 Å². The summed E-state index contributed by atoms with van der Waals surface area (Å²) >= 11 is 0. The van der Waals surface area contributed by atoms with Gasteiger partial charge < -0.3 is 16.0 Å². The number of hydrogen-bond donors (Lipinski definition) is 2. The lowest BCUT2D eigenvalue weighted by Gasteiger charge is -2.31. The molecule has 1 aliphatic heterocycles. The second kappa shape index (κ2) is 8.58. The maximum absolute atomic E-state index is 12.4. The van der Waals surface area contributed by atoms with Crippen molar-refractivity contribution in [3.8, 4) is 11.1 Å². The Kier molecular flexibility index (Phi) is 5.96. The van der Waals surface area contributed by atoms with E-state index in [1.807, 2.05) is 36.4 Å². The van der Waals surface area contributed by atoms with Crippen LogP contribution in [0.1, 0.15) is 23.2 Å². The van der Waals surface area contributed by atoms with E-state index < -0.39 is 0 Å².